The molecule has 5 nitrogen and oxygen atoms in total. The molecule has 144 valence electrons. The van der Waals surface area contributed by atoms with Gasteiger partial charge in [-0.25, -0.2) is 4.98 Å². The number of aryl methyl sites for hydroxylation is 2. The first-order valence-corrected chi connectivity index (χ1v) is 8.62. The van der Waals surface area contributed by atoms with Gasteiger partial charge < -0.3 is 14.6 Å². The van der Waals surface area contributed by atoms with Gasteiger partial charge in [0.1, 0.15) is 0 Å². The van der Waals surface area contributed by atoms with Crippen molar-refractivity contribution in [3.63, 3.8) is 0 Å². The predicted molar refractivity (Wildman–Crippen MR) is 108 cm³/mol. The average Bonchev–Trinajstić information content (AvgIpc) is 3.09. The minimum atomic E-state index is 0. The van der Waals surface area contributed by atoms with Crippen molar-refractivity contribution in [3.8, 4) is 11.3 Å². The number of piperidine rings is 1. The number of rotatable bonds is 5. The minimum Gasteiger partial charge on any atom is -0.441 e. The molecule has 3 rings (SSSR count). The van der Waals surface area contributed by atoms with Gasteiger partial charge in [-0.15, -0.1) is 24.8 Å². The van der Waals surface area contributed by atoms with Crippen LogP contribution in [0.3, 0.4) is 0 Å². The van der Waals surface area contributed by atoms with Gasteiger partial charge in [0, 0.05) is 37.5 Å². The van der Waals surface area contributed by atoms with Crippen LogP contribution in [0.15, 0.2) is 34.9 Å². The van der Waals surface area contributed by atoms with E-state index in [0.717, 1.165) is 37.3 Å². The number of nitrogens with one attached hydrogen (secondary N) is 1. The van der Waals surface area contributed by atoms with Crippen molar-refractivity contribution in [1.29, 1.82) is 0 Å². The van der Waals surface area contributed by atoms with E-state index in [-0.39, 0.29) is 30.7 Å². The van der Waals surface area contributed by atoms with Gasteiger partial charge in [0.15, 0.2) is 11.7 Å². The molecule has 1 aromatic heterocycles. The van der Waals surface area contributed by atoms with E-state index in [0.29, 0.717) is 24.8 Å². The normalized spacial score (nSPS) is 14.5. The van der Waals surface area contributed by atoms with Crippen LogP contribution in [-0.2, 0) is 11.2 Å². The standard InChI is InChI=1S/C19H25N3O2.2ClH/c1-14-3-5-15(6-4-14)17-13-21-18(24-17)7-8-19(23)22-11-9-16(20-2)10-12-22;;/h3-6,13,16,20H,7-12H2,1-2H3;2*1H. The van der Waals surface area contributed by atoms with E-state index in [1.165, 1.54) is 5.56 Å². The van der Waals surface area contributed by atoms with Crippen LogP contribution in [0.2, 0.25) is 0 Å². The number of hydrogen-bond acceptors (Lipinski definition) is 4. The molecule has 1 aliphatic heterocycles. The summed E-state index contributed by atoms with van der Waals surface area (Å²) in [7, 11) is 1.98. The molecule has 0 unspecified atom stereocenters. The summed E-state index contributed by atoms with van der Waals surface area (Å²) < 4.78 is 5.79. The van der Waals surface area contributed by atoms with Crippen molar-refractivity contribution < 1.29 is 9.21 Å². The summed E-state index contributed by atoms with van der Waals surface area (Å²) in [5, 5.41) is 3.28. The fraction of sp³-hybridized carbons (Fsp3) is 0.474. The second-order valence-corrected chi connectivity index (χ2v) is 6.43. The second kappa shape index (κ2) is 10.6. The van der Waals surface area contributed by atoms with Gasteiger partial charge in [-0.05, 0) is 26.8 Å². The average molecular weight is 400 g/mol. The monoisotopic (exact) mass is 399 g/mol. The largest absolute Gasteiger partial charge is 0.441 e. The molecule has 1 aromatic carbocycles. The van der Waals surface area contributed by atoms with Crippen LogP contribution in [0.25, 0.3) is 11.3 Å². The lowest BCUT2D eigenvalue weighted by atomic mass is 10.0. The molecule has 1 amide bonds. The molecule has 0 atom stereocenters. The third-order valence-electron chi connectivity index (χ3n) is 4.70. The van der Waals surface area contributed by atoms with Gasteiger partial charge in [0.2, 0.25) is 5.91 Å². The molecule has 2 heterocycles. The number of benzene rings is 1. The van der Waals surface area contributed by atoms with Gasteiger partial charge in [0.25, 0.3) is 0 Å². The molecule has 0 saturated carbocycles. The molecule has 2 aromatic rings. The van der Waals surface area contributed by atoms with Gasteiger partial charge >= 0.3 is 0 Å². The lowest BCUT2D eigenvalue weighted by molar-refractivity contribution is -0.132. The van der Waals surface area contributed by atoms with E-state index in [9.17, 15) is 4.79 Å². The third kappa shape index (κ3) is 5.73. The Labute approximate surface area is 167 Å². The van der Waals surface area contributed by atoms with Crippen LogP contribution in [0, 0.1) is 6.92 Å². The summed E-state index contributed by atoms with van der Waals surface area (Å²) in [6, 6.07) is 8.69. The highest BCUT2D eigenvalue weighted by atomic mass is 35.5. The molecule has 1 saturated heterocycles. The third-order valence-corrected chi connectivity index (χ3v) is 4.70. The summed E-state index contributed by atoms with van der Waals surface area (Å²) in [6.07, 6.45) is 4.80. The summed E-state index contributed by atoms with van der Waals surface area (Å²) in [4.78, 5) is 18.6. The number of carbonyl (C=O) groups excluding carboxylic acids is 1. The lowest BCUT2D eigenvalue weighted by Crippen LogP contribution is -2.44. The van der Waals surface area contributed by atoms with Crippen molar-refractivity contribution in [3.05, 3.63) is 41.9 Å². The fourth-order valence-electron chi connectivity index (χ4n) is 3.07. The summed E-state index contributed by atoms with van der Waals surface area (Å²) in [5.74, 6) is 1.58. The summed E-state index contributed by atoms with van der Waals surface area (Å²) in [5.41, 5.74) is 2.23. The Kier molecular flexibility index (Phi) is 9.13. The Morgan fingerprint density at radius 3 is 2.50 bits per heavy atom. The zero-order chi connectivity index (χ0) is 16.9. The first-order valence-electron chi connectivity index (χ1n) is 8.62. The maximum atomic E-state index is 12.3. The Morgan fingerprint density at radius 2 is 1.88 bits per heavy atom. The smallest absolute Gasteiger partial charge is 0.223 e. The number of hydrogen-bond donors (Lipinski definition) is 1. The SMILES string of the molecule is CNC1CCN(C(=O)CCc2ncc(-c3ccc(C)cc3)o2)CC1.Cl.Cl. The first-order chi connectivity index (χ1) is 11.7. The van der Waals surface area contributed by atoms with Gasteiger partial charge in [-0.1, -0.05) is 29.8 Å². The number of nitrogens with zero attached hydrogens (tertiary/aromatic N) is 2. The zero-order valence-electron chi connectivity index (χ0n) is 15.2. The van der Waals surface area contributed by atoms with Crippen LogP contribution >= 0.6 is 24.8 Å². The molecular formula is C19H27Cl2N3O2. The molecule has 0 radical (unpaired) electrons. The number of amides is 1. The number of halogens is 2. The Hall–Kier alpha value is -1.56. The van der Waals surface area contributed by atoms with Crippen molar-refractivity contribution >= 4 is 30.7 Å². The molecule has 0 spiro atoms. The summed E-state index contributed by atoms with van der Waals surface area (Å²) >= 11 is 0. The van der Waals surface area contributed by atoms with Gasteiger partial charge in [0.05, 0.1) is 6.20 Å². The van der Waals surface area contributed by atoms with E-state index >= 15 is 0 Å². The molecule has 1 fully saturated rings. The highest BCUT2D eigenvalue weighted by Crippen LogP contribution is 2.21. The number of likely N-dealkylation sites (tertiary alicyclic amines) is 1. The Bertz CT molecular complexity index is 680. The van der Waals surface area contributed by atoms with Crippen LogP contribution in [0.1, 0.15) is 30.7 Å². The predicted octanol–water partition coefficient (Wildman–Crippen LogP) is 3.64. The molecule has 7 heteroatoms. The fourth-order valence-corrected chi connectivity index (χ4v) is 3.07. The van der Waals surface area contributed by atoms with E-state index in [2.05, 4.69) is 29.4 Å². The van der Waals surface area contributed by atoms with Crippen LogP contribution in [0.5, 0.6) is 0 Å². The zero-order valence-corrected chi connectivity index (χ0v) is 16.9. The van der Waals surface area contributed by atoms with Crippen LogP contribution in [0.4, 0.5) is 0 Å². The highest BCUT2D eigenvalue weighted by Gasteiger charge is 2.21. The van der Waals surface area contributed by atoms with Crippen molar-refractivity contribution in [1.82, 2.24) is 15.2 Å². The molecular weight excluding hydrogens is 373 g/mol. The van der Waals surface area contributed by atoms with E-state index < -0.39 is 0 Å². The lowest BCUT2D eigenvalue weighted by Gasteiger charge is -2.31. The number of oxazole rings is 1. The van der Waals surface area contributed by atoms with Crippen molar-refractivity contribution in [2.75, 3.05) is 20.1 Å². The number of carbonyl (C=O) groups is 1. The highest BCUT2D eigenvalue weighted by molar-refractivity contribution is 5.85. The van der Waals surface area contributed by atoms with Crippen LogP contribution < -0.4 is 5.32 Å². The maximum absolute atomic E-state index is 12.3. The molecule has 1 N–H and O–H groups in total. The second-order valence-electron chi connectivity index (χ2n) is 6.43. The quantitative estimate of drug-likeness (QED) is 0.833. The maximum Gasteiger partial charge on any atom is 0.223 e. The van der Waals surface area contributed by atoms with Crippen molar-refractivity contribution in [2.45, 2.75) is 38.6 Å². The van der Waals surface area contributed by atoms with Gasteiger partial charge in [-0.3, -0.25) is 4.79 Å². The summed E-state index contributed by atoms with van der Waals surface area (Å²) in [6.45, 7) is 3.73. The Balaban J connectivity index is 0.00000169. The van der Waals surface area contributed by atoms with E-state index in [1.807, 2.05) is 24.1 Å². The van der Waals surface area contributed by atoms with Crippen LogP contribution in [-0.4, -0.2) is 42.0 Å². The topological polar surface area (TPSA) is 58.4 Å². The van der Waals surface area contributed by atoms with Crippen molar-refractivity contribution in [2.24, 2.45) is 0 Å². The molecule has 0 bridgehead atoms. The minimum absolute atomic E-state index is 0. The molecule has 26 heavy (non-hydrogen) atoms. The first kappa shape index (κ1) is 22.5. The van der Waals surface area contributed by atoms with E-state index in [1.54, 1.807) is 6.20 Å². The molecule has 0 aliphatic carbocycles. The number of aromatic nitrogens is 1. The molecule has 1 aliphatic rings. The Morgan fingerprint density at radius 1 is 1.23 bits per heavy atom. The van der Waals surface area contributed by atoms with E-state index in [4.69, 9.17) is 4.42 Å². The van der Waals surface area contributed by atoms with Gasteiger partial charge in [-0.2, -0.15) is 0 Å².